The Morgan fingerprint density at radius 1 is 0.905 bits per heavy atom. The van der Waals surface area contributed by atoms with Crippen LogP contribution in [0.4, 0.5) is 11.4 Å². The average Bonchev–Trinajstić information content (AvgIpc) is 2.46. The molecule has 0 radical (unpaired) electrons. The van der Waals surface area contributed by atoms with Gasteiger partial charge in [0.15, 0.2) is 0 Å². The van der Waals surface area contributed by atoms with Crippen LogP contribution in [0.2, 0.25) is 0 Å². The topological polar surface area (TPSA) is 107 Å². The zero-order valence-corrected chi connectivity index (χ0v) is 10.7. The molecule has 0 aliphatic heterocycles. The second kappa shape index (κ2) is 5.83. The number of nitrogens with zero attached hydrogens (tertiary/aromatic N) is 2. The van der Waals surface area contributed by atoms with Gasteiger partial charge in [-0.05, 0) is 29.8 Å². The Hall–Kier alpha value is -3.22. The molecular weight excluding hydrogens is 276 g/mol. The zero-order valence-electron chi connectivity index (χ0n) is 10.7. The molecule has 0 heterocycles. The van der Waals surface area contributed by atoms with E-state index in [0.29, 0.717) is 0 Å². The summed E-state index contributed by atoms with van der Waals surface area (Å²) < 4.78 is 0. The molecule has 0 unspecified atom stereocenters. The Balaban J connectivity index is 2.37. The third-order valence-corrected chi connectivity index (χ3v) is 2.77. The van der Waals surface area contributed by atoms with Gasteiger partial charge in [0.25, 0.3) is 11.4 Å². The molecule has 0 fully saturated rings. The first-order valence-corrected chi connectivity index (χ1v) is 5.87. The highest BCUT2D eigenvalue weighted by Gasteiger charge is 2.17. The van der Waals surface area contributed by atoms with Crippen LogP contribution in [0.15, 0.2) is 42.5 Å². The van der Waals surface area contributed by atoms with Crippen LogP contribution in [-0.4, -0.2) is 15.0 Å². The molecule has 0 aromatic heterocycles. The fraction of sp³-hybridized carbons (Fsp3) is 0. The second-order valence-corrected chi connectivity index (χ2v) is 4.18. The van der Waals surface area contributed by atoms with E-state index in [-0.39, 0.29) is 22.7 Å². The highest BCUT2D eigenvalue weighted by Crippen LogP contribution is 2.26. The molecule has 106 valence electrons. The Labute approximate surface area is 119 Å². The van der Waals surface area contributed by atoms with Gasteiger partial charge in [-0.25, -0.2) is 0 Å². The average molecular weight is 286 g/mol. The lowest BCUT2D eigenvalue weighted by atomic mass is 10.1. The Kier molecular flexibility index (Phi) is 3.94. The van der Waals surface area contributed by atoms with E-state index in [2.05, 4.69) is 0 Å². The van der Waals surface area contributed by atoms with Crippen molar-refractivity contribution in [2.45, 2.75) is 0 Å². The lowest BCUT2D eigenvalue weighted by molar-refractivity contribution is -0.394. The van der Waals surface area contributed by atoms with Crippen LogP contribution >= 0.6 is 0 Å². The van der Waals surface area contributed by atoms with Gasteiger partial charge in [0.1, 0.15) is 5.75 Å². The zero-order chi connectivity index (χ0) is 15.4. The minimum Gasteiger partial charge on any atom is -0.508 e. The van der Waals surface area contributed by atoms with Gasteiger partial charge in [0.2, 0.25) is 0 Å². The SMILES string of the molecule is O=[N+]([O-])c1ccc(/C=C/c2ccc(O)cc2)c([N+](=O)[O-])c1. The minimum atomic E-state index is -0.680. The van der Waals surface area contributed by atoms with Crippen molar-refractivity contribution in [1.82, 2.24) is 0 Å². The number of benzene rings is 2. The summed E-state index contributed by atoms with van der Waals surface area (Å²) in [5.41, 5.74) is 0.335. The number of aromatic hydroxyl groups is 1. The standard InChI is InChI=1S/C14H10N2O5/c17-13-7-2-10(3-8-13)1-4-11-5-6-12(15(18)19)9-14(11)16(20)21/h1-9,17H/b4-1+. The van der Waals surface area contributed by atoms with E-state index in [1.54, 1.807) is 18.2 Å². The normalized spacial score (nSPS) is 10.7. The molecule has 7 heteroatoms. The van der Waals surface area contributed by atoms with Crippen LogP contribution in [0.25, 0.3) is 12.2 Å². The highest BCUT2D eigenvalue weighted by atomic mass is 16.6. The van der Waals surface area contributed by atoms with E-state index in [4.69, 9.17) is 5.11 Å². The van der Waals surface area contributed by atoms with E-state index in [1.807, 2.05) is 0 Å². The summed E-state index contributed by atoms with van der Waals surface area (Å²) in [7, 11) is 0. The third kappa shape index (κ3) is 3.41. The van der Waals surface area contributed by atoms with Crippen molar-refractivity contribution in [3.63, 3.8) is 0 Å². The first-order chi connectivity index (χ1) is 9.97. The first kappa shape index (κ1) is 14.2. The summed E-state index contributed by atoms with van der Waals surface area (Å²) in [6, 6.07) is 9.73. The lowest BCUT2D eigenvalue weighted by Crippen LogP contribution is -1.94. The van der Waals surface area contributed by atoms with Crippen LogP contribution in [-0.2, 0) is 0 Å². The molecular formula is C14H10N2O5. The van der Waals surface area contributed by atoms with E-state index in [9.17, 15) is 20.2 Å². The molecule has 0 aliphatic rings. The number of nitro benzene ring substituents is 2. The largest absolute Gasteiger partial charge is 0.508 e. The van der Waals surface area contributed by atoms with E-state index in [0.717, 1.165) is 11.6 Å². The number of non-ortho nitro benzene ring substituents is 1. The summed E-state index contributed by atoms with van der Waals surface area (Å²) in [6.07, 6.45) is 3.11. The Bertz CT molecular complexity index is 723. The first-order valence-electron chi connectivity index (χ1n) is 5.87. The number of rotatable bonds is 4. The van der Waals surface area contributed by atoms with Gasteiger partial charge in [0.05, 0.1) is 21.5 Å². The van der Waals surface area contributed by atoms with Gasteiger partial charge in [-0.15, -0.1) is 0 Å². The van der Waals surface area contributed by atoms with Crippen molar-refractivity contribution in [2.75, 3.05) is 0 Å². The van der Waals surface area contributed by atoms with E-state index < -0.39 is 9.85 Å². The summed E-state index contributed by atoms with van der Waals surface area (Å²) in [5, 5.41) is 30.8. The number of phenolic OH excluding ortho intramolecular Hbond substituents is 1. The molecule has 1 N–H and O–H groups in total. The van der Waals surface area contributed by atoms with Gasteiger partial charge in [-0.3, -0.25) is 20.2 Å². The van der Waals surface area contributed by atoms with Gasteiger partial charge in [-0.2, -0.15) is 0 Å². The smallest absolute Gasteiger partial charge is 0.283 e. The van der Waals surface area contributed by atoms with Gasteiger partial charge >= 0.3 is 0 Å². The number of hydrogen-bond acceptors (Lipinski definition) is 5. The van der Waals surface area contributed by atoms with Gasteiger partial charge < -0.3 is 5.11 Å². The second-order valence-electron chi connectivity index (χ2n) is 4.18. The number of nitro groups is 2. The quantitative estimate of drug-likeness (QED) is 0.526. The van der Waals surface area contributed by atoms with Crippen molar-refractivity contribution in [2.24, 2.45) is 0 Å². The maximum absolute atomic E-state index is 11.0. The third-order valence-electron chi connectivity index (χ3n) is 2.77. The molecule has 0 atom stereocenters. The molecule has 21 heavy (non-hydrogen) atoms. The molecule has 2 rings (SSSR count). The van der Waals surface area contributed by atoms with Gasteiger partial charge in [-0.1, -0.05) is 18.2 Å². The molecule has 7 nitrogen and oxygen atoms in total. The molecule has 0 bridgehead atoms. The van der Waals surface area contributed by atoms with Crippen molar-refractivity contribution >= 4 is 23.5 Å². The van der Waals surface area contributed by atoms with Crippen LogP contribution in [0.1, 0.15) is 11.1 Å². The summed E-state index contributed by atoms with van der Waals surface area (Å²) in [4.78, 5) is 20.3. The van der Waals surface area contributed by atoms with E-state index in [1.165, 1.54) is 30.3 Å². The summed E-state index contributed by atoms with van der Waals surface area (Å²) >= 11 is 0. The van der Waals surface area contributed by atoms with Crippen LogP contribution in [0.5, 0.6) is 5.75 Å². The number of phenols is 1. The van der Waals surface area contributed by atoms with Crippen molar-refractivity contribution in [1.29, 1.82) is 0 Å². The predicted octanol–water partition coefficient (Wildman–Crippen LogP) is 3.38. The van der Waals surface area contributed by atoms with Crippen LogP contribution < -0.4 is 0 Å². The molecule has 2 aromatic rings. The molecule has 0 saturated heterocycles. The predicted molar refractivity (Wildman–Crippen MR) is 76.8 cm³/mol. The fourth-order valence-electron chi connectivity index (χ4n) is 1.72. The van der Waals surface area contributed by atoms with Crippen molar-refractivity contribution in [3.05, 3.63) is 73.8 Å². The lowest BCUT2D eigenvalue weighted by Gasteiger charge is -1.98. The molecule has 0 spiro atoms. The fourth-order valence-corrected chi connectivity index (χ4v) is 1.72. The maximum atomic E-state index is 11.0. The monoisotopic (exact) mass is 286 g/mol. The minimum absolute atomic E-state index is 0.119. The highest BCUT2D eigenvalue weighted by molar-refractivity contribution is 5.75. The molecule has 0 saturated carbocycles. The van der Waals surface area contributed by atoms with Crippen LogP contribution in [0.3, 0.4) is 0 Å². The summed E-state index contributed by atoms with van der Waals surface area (Å²) in [6.45, 7) is 0. The number of hydrogen-bond donors (Lipinski definition) is 1. The van der Waals surface area contributed by atoms with Crippen molar-refractivity contribution < 1.29 is 15.0 Å². The molecule has 2 aromatic carbocycles. The maximum Gasteiger partial charge on any atom is 0.283 e. The van der Waals surface area contributed by atoms with Crippen molar-refractivity contribution in [3.8, 4) is 5.75 Å². The Morgan fingerprint density at radius 3 is 2.14 bits per heavy atom. The van der Waals surface area contributed by atoms with E-state index >= 15 is 0 Å². The van der Waals surface area contributed by atoms with Crippen LogP contribution in [0, 0.1) is 20.2 Å². The summed E-state index contributed by atoms with van der Waals surface area (Å²) in [5.74, 6) is 0.119. The Morgan fingerprint density at radius 2 is 1.57 bits per heavy atom. The molecule has 0 amide bonds. The molecule has 0 aliphatic carbocycles. The van der Waals surface area contributed by atoms with Gasteiger partial charge in [0, 0.05) is 6.07 Å².